The second-order valence-corrected chi connectivity index (χ2v) is 3.37. The lowest BCUT2D eigenvalue weighted by Gasteiger charge is -2.20. The third-order valence-electron chi connectivity index (χ3n) is 2.29. The van der Waals surface area contributed by atoms with E-state index in [0.29, 0.717) is 25.9 Å². The molecule has 92 valence electrons. The zero-order chi connectivity index (χ0) is 12.7. The monoisotopic (exact) mass is 239 g/mol. The Kier molecular flexibility index (Phi) is 4.86. The van der Waals surface area contributed by atoms with Crippen LogP contribution in [0, 0.1) is 0 Å². The van der Waals surface area contributed by atoms with Crippen molar-refractivity contribution in [3.05, 3.63) is 12.2 Å². The minimum absolute atomic E-state index is 0.157. The number of hydrogen-bond donors (Lipinski definition) is 1. The van der Waals surface area contributed by atoms with Crippen LogP contribution in [0.2, 0.25) is 0 Å². The van der Waals surface area contributed by atoms with Gasteiger partial charge in [0.25, 0.3) is 11.8 Å². The molecule has 1 N–H and O–H groups in total. The van der Waals surface area contributed by atoms with Gasteiger partial charge in [0.1, 0.15) is 0 Å². The van der Waals surface area contributed by atoms with E-state index >= 15 is 0 Å². The van der Waals surface area contributed by atoms with Crippen molar-refractivity contribution in [2.24, 2.45) is 0 Å². The molecule has 7 nitrogen and oxygen atoms in total. The van der Waals surface area contributed by atoms with E-state index < -0.39 is 0 Å². The lowest BCUT2D eigenvalue weighted by atomic mass is 10.4. The first-order valence-corrected chi connectivity index (χ1v) is 5.09. The highest BCUT2D eigenvalue weighted by molar-refractivity contribution is 6.12. The van der Waals surface area contributed by atoms with E-state index in [1.165, 1.54) is 17.1 Å². The molecule has 1 aliphatic heterocycles. The predicted octanol–water partition coefficient (Wildman–Crippen LogP) is -1.88. The molecule has 0 saturated heterocycles. The molecule has 0 unspecified atom stereocenters. The van der Waals surface area contributed by atoms with Crippen molar-refractivity contribution in [3.8, 4) is 0 Å². The molecular formula is C10H13N3O4. The second-order valence-electron chi connectivity index (χ2n) is 3.37. The van der Waals surface area contributed by atoms with Crippen molar-refractivity contribution >= 4 is 24.6 Å². The highest BCUT2D eigenvalue weighted by Gasteiger charge is 2.23. The van der Waals surface area contributed by atoms with Gasteiger partial charge in [-0.15, -0.1) is 0 Å². The minimum atomic E-state index is -0.369. The Balaban J connectivity index is 2.32. The van der Waals surface area contributed by atoms with Gasteiger partial charge in [-0.3, -0.25) is 24.1 Å². The molecule has 0 fully saturated rings. The number of nitrogens with zero attached hydrogens (tertiary/aromatic N) is 2. The molecule has 17 heavy (non-hydrogen) atoms. The van der Waals surface area contributed by atoms with Crippen LogP contribution < -0.4 is 5.32 Å². The van der Waals surface area contributed by atoms with E-state index in [4.69, 9.17) is 0 Å². The number of nitrogens with one attached hydrogen (secondary N) is 1. The number of rotatable bonds is 8. The highest BCUT2D eigenvalue weighted by atomic mass is 16.2. The molecule has 0 aromatic rings. The summed E-state index contributed by atoms with van der Waals surface area (Å²) in [6, 6.07) is 0. The summed E-state index contributed by atoms with van der Waals surface area (Å²) in [4.78, 5) is 45.5. The molecule has 0 saturated carbocycles. The Morgan fingerprint density at radius 2 is 1.82 bits per heavy atom. The maximum atomic E-state index is 11.2. The van der Waals surface area contributed by atoms with Crippen LogP contribution in [0.15, 0.2) is 12.2 Å². The van der Waals surface area contributed by atoms with Gasteiger partial charge in [-0.2, -0.15) is 0 Å². The molecular weight excluding hydrogens is 226 g/mol. The first-order chi connectivity index (χ1) is 8.19. The summed E-state index contributed by atoms with van der Waals surface area (Å²) in [7, 11) is 0. The number of carbonyl (C=O) groups excluding carboxylic acids is 4. The normalized spacial score (nSPS) is 14.0. The zero-order valence-electron chi connectivity index (χ0n) is 9.17. The van der Waals surface area contributed by atoms with Gasteiger partial charge in [-0.1, -0.05) is 0 Å². The van der Waals surface area contributed by atoms with Crippen LogP contribution in [0.1, 0.15) is 0 Å². The standard InChI is InChI=1S/C10H13N3O4/c14-7-11-3-4-12(8-15)5-6-13-9(16)1-2-10(13)17/h1-2,7-8H,3-6H2,(H,11,14). The van der Waals surface area contributed by atoms with Crippen LogP contribution in [-0.4, -0.2) is 60.6 Å². The summed E-state index contributed by atoms with van der Waals surface area (Å²) in [5.74, 6) is -0.737. The molecule has 4 amide bonds. The molecule has 0 radical (unpaired) electrons. The minimum Gasteiger partial charge on any atom is -0.357 e. The van der Waals surface area contributed by atoms with E-state index in [-0.39, 0.29) is 24.9 Å². The number of imide groups is 1. The molecule has 0 aromatic heterocycles. The van der Waals surface area contributed by atoms with Gasteiger partial charge in [-0.25, -0.2) is 0 Å². The van der Waals surface area contributed by atoms with Gasteiger partial charge in [0, 0.05) is 38.3 Å². The summed E-state index contributed by atoms with van der Waals surface area (Å²) in [5.41, 5.74) is 0. The molecule has 0 atom stereocenters. The van der Waals surface area contributed by atoms with Crippen molar-refractivity contribution in [2.45, 2.75) is 0 Å². The Labute approximate surface area is 98.0 Å². The molecule has 0 aromatic carbocycles. The highest BCUT2D eigenvalue weighted by Crippen LogP contribution is 2.02. The summed E-state index contributed by atoms with van der Waals surface area (Å²) in [6.07, 6.45) is 3.55. The smallest absolute Gasteiger partial charge is 0.253 e. The Hall–Kier alpha value is -2.18. The largest absolute Gasteiger partial charge is 0.357 e. The fourth-order valence-corrected chi connectivity index (χ4v) is 1.36. The average Bonchev–Trinajstić information content (AvgIpc) is 2.64. The Morgan fingerprint density at radius 3 is 2.35 bits per heavy atom. The Morgan fingerprint density at radius 1 is 1.18 bits per heavy atom. The van der Waals surface area contributed by atoms with Crippen LogP contribution in [0.5, 0.6) is 0 Å². The third kappa shape index (κ3) is 3.71. The molecule has 1 rings (SSSR count). The zero-order valence-corrected chi connectivity index (χ0v) is 9.17. The maximum absolute atomic E-state index is 11.2. The summed E-state index contributed by atoms with van der Waals surface area (Å²) in [5, 5.41) is 2.42. The summed E-state index contributed by atoms with van der Waals surface area (Å²) in [6.45, 7) is 1.09. The number of carbonyl (C=O) groups is 4. The average molecular weight is 239 g/mol. The number of amides is 4. The van der Waals surface area contributed by atoms with Crippen molar-refractivity contribution in [1.29, 1.82) is 0 Å². The van der Waals surface area contributed by atoms with E-state index in [1.54, 1.807) is 0 Å². The first kappa shape index (κ1) is 12.9. The van der Waals surface area contributed by atoms with Crippen molar-refractivity contribution in [2.75, 3.05) is 26.2 Å². The summed E-state index contributed by atoms with van der Waals surface area (Å²) >= 11 is 0. The van der Waals surface area contributed by atoms with E-state index in [9.17, 15) is 19.2 Å². The molecule has 0 spiro atoms. The van der Waals surface area contributed by atoms with Crippen LogP contribution in [-0.2, 0) is 19.2 Å². The van der Waals surface area contributed by atoms with E-state index in [1.807, 2.05) is 0 Å². The van der Waals surface area contributed by atoms with Gasteiger partial charge >= 0.3 is 0 Å². The van der Waals surface area contributed by atoms with Gasteiger partial charge in [0.05, 0.1) is 0 Å². The first-order valence-electron chi connectivity index (χ1n) is 5.09. The lowest BCUT2D eigenvalue weighted by Crippen LogP contribution is -2.40. The molecule has 1 aliphatic rings. The van der Waals surface area contributed by atoms with Gasteiger partial charge in [-0.05, 0) is 0 Å². The van der Waals surface area contributed by atoms with Crippen molar-refractivity contribution in [1.82, 2.24) is 15.1 Å². The van der Waals surface area contributed by atoms with Gasteiger partial charge in [0.15, 0.2) is 0 Å². The van der Waals surface area contributed by atoms with Crippen molar-refractivity contribution in [3.63, 3.8) is 0 Å². The molecule has 0 bridgehead atoms. The molecule has 1 heterocycles. The fraction of sp³-hybridized carbons (Fsp3) is 0.400. The van der Waals surface area contributed by atoms with Crippen LogP contribution in [0.25, 0.3) is 0 Å². The maximum Gasteiger partial charge on any atom is 0.253 e. The molecule has 7 heteroatoms. The summed E-state index contributed by atoms with van der Waals surface area (Å²) < 4.78 is 0. The van der Waals surface area contributed by atoms with Crippen molar-refractivity contribution < 1.29 is 19.2 Å². The predicted molar refractivity (Wildman–Crippen MR) is 57.6 cm³/mol. The fourth-order valence-electron chi connectivity index (χ4n) is 1.36. The van der Waals surface area contributed by atoms with Crippen LogP contribution in [0.4, 0.5) is 0 Å². The quantitative estimate of drug-likeness (QED) is 0.305. The van der Waals surface area contributed by atoms with Crippen LogP contribution >= 0.6 is 0 Å². The van der Waals surface area contributed by atoms with Gasteiger partial charge in [0.2, 0.25) is 12.8 Å². The SMILES string of the molecule is O=CNCCN(C=O)CCN1C(=O)C=CC1=O. The van der Waals surface area contributed by atoms with Gasteiger partial charge < -0.3 is 10.2 Å². The van der Waals surface area contributed by atoms with E-state index in [2.05, 4.69) is 5.32 Å². The lowest BCUT2D eigenvalue weighted by molar-refractivity contribution is -0.137. The van der Waals surface area contributed by atoms with E-state index in [0.717, 1.165) is 4.90 Å². The number of hydrogen-bond acceptors (Lipinski definition) is 4. The second kappa shape index (κ2) is 6.41. The topological polar surface area (TPSA) is 86.8 Å². The third-order valence-corrected chi connectivity index (χ3v) is 2.29. The Bertz CT molecular complexity index is 335. The molecule has 0 aliphatic carbocycles. The van der Waals surface area contributed by atoms with Crippen LogP contribution in [0.3, 0.4) is 0 Å².